The average molecular weight is 569 g/mol. The first-order valence-electron chi connectivity index (χ1n) is 6.65. The lowest BCUT2D eigenvalue weighted by Crippen LogP contribution is -2.09. The molecular weight excluding hydrogens is 563 g/mol. The third kappa shape index (κ3) is 5.98. The van der Waals surface area contributed by atoms with Crippen LogP contribution in [0.25, 0.3) is 5.82 Å². The second-order valence-corrected chi connectivity index (χ2v) is 7.41. The van der Waals surface area contributed by atoms with E-state index in [1.807, 2.05) is 0 Å². The first-order valence-corrected chi connectivity index (χ1v) is 9.37. The summed E-state index contributed by atoms with van der Waals surface area (Å²) < 4.78 is 39.7. The highest BCUT2D eigenvalue weighted by atomic mass is 79.9. The smallest absolute Gasteiger partial charge is 0.225 e. The zero-order chi connectivity index (χ0) is 20.4. The number of aromatic nitrogens is 6. The number of hydrogen-bond donors (Lipinski definition) is 0. The van der Waals surface area contributed by atoms with Gasteiger partial charge in [-0.1, -0.05) is 11.6 Å². The minimum absolute atomic E-state index is 0.0725. The molecule has 0 N–H and O–H groups in total. The van der Waals surface area contributed by atoms with E-state index in [0.29, 0.717) is 14.1 Å². The molecule has 3 heterocycles. The van der Waals surface area contributed by atoms with Gasteiger partial charge in [-0.3, -0.25) is 0 Å². The Morgan fingerprint density at radius 1 is 0.963 bits per heavy atom. The van der Waals surface area contributed by atoms with Gasteiger partial charge in [-0.05, 0) is 68.1 Å². The van der Waals surface area contributed by atoms with Crippen LogP contribution in [0.2, 0.25) is 15.7 Å². The Morgan fingerprint density at radius 3 is 2.00 bits per heavy atom. The molecule has 0 aliphatic carbocycles. The summed E-state index contributed by atoms with van der Waals surface area (Å²) in [6, 6.07) is 0.933. The van der Waals surface area contributed by atoms with Crippen LogP contribution in [0.3, 0.4) is 0 Å². The van der Waals surface area contributed by atoms with Crippen molar-refractivity contribution < 1.29 is 13.2 Å². The number of aryl methyl sites for hydroxylation is 1. The van der Waals surface area contributed by atoms with Crippen molar-refractivity contribution >= 4 is 66.7 Å². The standard InChI is InChI=1S/C9H5BrClF3N4.C4HBrCl2N2/c1-4-2-6(9(12,13)14)17-18(4)7-5(10)3-15-8(11)16-7;5-2-1-8-4(7)9-3(2)6/h2-3H,1H3;1H. The van der Waals surface area contributed by atoms with Crippen molar-refractivity contribution in [1.29, 1.82) is 0 Å². The summed E-state index contributed by atoms with van der Waals surface area (Å²) in [5.74, 6) is 0.156. The minimum atomic E-state index is -4.50. The largest absolute Gasteiger partial charge is 0.435 e. The molecule has 0 saturated carbocycles. The van der Waals surface area contributed by atoms with E-state index in [1.54, 1.807) is 0 Å². The van der Waals surface area contributed by atoms with Gasteiger partial charge in [0.25, 0.3) is 0 Å². The fourth-order valence-electron chi connectivity index (χ4n) is 1.64. The molecule has 6 nitrogen and oxygen atoms in total. The monoisotopic (exact) mass is 566 g/mol. The quantitative estimate of drug-likeness (QED) is 0.268. The van der Waals surface area contributed by atoms with Crippen LogP contribution in [0, 0.1) is 6.92 Å². The van der Waals surface area contributed by atoms with Crippen LogP contribution in [0.5, 0.6) is 0 Å². The van der Waals surface area contributed by atoms with Gasteiger partial charge in [0, 0.05) is 18.1 Å². The second-order valence-electron chi connectivity index (χ2n) is 4.67. The maximum Gasteiger partial charge on any atom is 0.435 e. The fourth-order valence-corrected chi connectivity index (χ4v) is 2.62. The highest BCUT2D eigenvalue weighted by Crippen LogP contribution is 2.30. The normalized spacial score (nSPS) is 11.1. The van der Waals surface area contributed by atoms with E-state index in [4.69, 9.17) is 34.8 Å². The molecule has 0 atom stereocenters. The van der Waals surface area contributed by atoms with E-state index in [1.165, 1.54) is 19.3 Å². The summed E-state index contributed by atoms with van der Waals surface area (Å²) in [5.41, 5.74) is -0.695. The first kappa shape index (κ1) is 22.3. The molecule has 0 bridgehead atoms. The molecule has 0 aliphatic rings. The highest BCUT2D eigenvalue weighted by molar-refractivity contribution is 9.10. The Balaban J connectivity index is 0.000000244. The summed E-state index contributed by atoms with van der Waals surface area (Å²) in [7, 11) is 0. The van der Waals surface area contributed by atoms with Crippen molar-refractivity contribution in [3.63, 3.8) is 0 Å². The Morgan fingerprint density at radius 2 is 1.52 bits per heavy atom. The molecule has 0 spiro atoms. The Hall–Kier alpha value is -1.01. The van der Waals surface area contributed by atoms with E-state index in [2.05, 4.69) is 56.9 Å². The Kier molecular flexibility index (Phi) is 7.42. The fraction of sp³-hybridized carbons (Fsp3) is 0.154. The first-order chi connectivity index (χ1) is 12.5. The summed E-state index contributed by atoms with van der Waals surface area (Å²) in [6.45, 7) is 1.49. The third-order valence-corrected chi connectivity index (χ3v) is 4.77. The SMILES string of the molecule is Cc1cc(C(F)(F)F)nn1-c1nc(Cl)ncc1Br.Clc1ncc(Br)c(Cl)n1. The van der Waals surface area contributed by atoms with Crippen molar-refractivity contribution in [2.24, 2.45) is 0 Å². The van der Waals surface area contributed by atoms with Gasteiger partial charge in [-0.25, -0.2) is 19.6 Å². The Bertz CT molecular complexity index is 967. The molecule has 3 aromatic rings. The number of nitrogens with zero attached hydrogens (tertiary/aromatic N) is 6. The van der Waals surface area contributed by atoms with Gasteiger partial charge in [0.1, 0.15) is 5.15 Å². The van der Waals surface area contributed by atoms with E-state index in [-0.39, 0.29) is 22.1 Å². The molecular formula is C13H6Br2Cl3F3N6. The predicted molar refractivity (Wildman–Crippen MR) is 101 cm³/mol. The van der Waals surface area contributed by atoms with Crippen molar-refractivity contribution in [2.75, 3.05) is 0 Å². The molecule has 0 radical (unpaired) electrons. The number of halogens is 8. The van der Waals surface area contributed by atoms with Gasteiger partial charge in [-0.2, -0.15) is 23.3 Å². The number of hydrogen-bond acceptors (Lipinski definition) is 5. The van der Waals surface area contributed by atoms with Crippen LogP contribution in [0.4, 0.5) is 13.2 Å². The van der Waals surface area contributed by atoms with Crippen LogP contribution < -0.4 is 0 Å². The highest BCUT2D eigenvalue weighted by Gasteiger charge is 2.34. The summed E-state index contributed by atoms with van der Waals surface area (Å²) >= 11 is 22.8. The molecule has 0 amide bonds. The van der Waals surface area contributed by atoms with E-state index in [0.717, 1.165) is 10.7 Å². The Labute approximate surface area is 182 Å². The van der Waals surface area contributed by atoms with E-state index < -0.39 is 11.9 Å². The molecule has 3 rings (SSSR count). The molecule has 0 unspecified atom stereocenters. The lowest BCUT2D eigenvalue weighted by atomic mass is 10.3. The maximum atomic E-state index is 12.5. The lowest BCUT2D eigenvalue weighted by molar-refractivity contribution is -0.141. The summed E-state index contributed by atoms with van der Waals surface area (Å²) in [6.07, 6.45) is -1.66. The molecule has 0 fully saturated rings. The zero-order valence-electron chi connectivity index (χ0n) is 12.9. The molecule has 14 heteroatoms. The molecule has 144 valence electrons. The summed E-state index contributed by atoms with van der Waals surface area (Å²) in [5, 5.41) is 3.88. The topological polar surface area (TPSA) is 69.4 Å². The third-order valence-electron chi connectivity index (χ3n) is 2.75. The summed E-state index contributed by atoms with van der Waals surface area (Å²) in [4.78, 5) is 14.8. The second kappa shape index (κ2) is 8.99. The van der Waals surface area contributed by atoms with Crippen LogP contribution >= 0.6 is 66.7 Å². The molecule has 3 aromatic heterocycles. The van der Waals surface area contributed by atoms with Crippen molar-refractivity contribution in [3.05, 3.63) is 54.5 Å². The van der Waals surface area contributed by atoms with E-state index >= 15 is 0 Å². The molecule has 27 heavy (non-hydrogen) atoms. The van der Waals surface area contributed by atoms with E-state index in [9.17, 15) is 13.2 Å². The van der Waals surface area contributed by atoms with Crippen LogP contribution in [-0.4, -0.2) is 29.7 Å². The van der Waals surface area contributed by atoms with Gasteiger partial charge >= 0.3 is 6.18 Å². The maximum absolute atomic E-state index is 12.5. The number of alkyl halides is 3. The minimum Gasteiger partial charge on any atom is -0.225 e. The van der Waals surface area contributed by atoms with Gasteiger partial charge in [-0.15, -0.1) is 0 Å². The van der Waals surface area contributed by atoms with Crippen molar-refractivity contribution in [3.8, 4) is 5.82 Å². The number of rotatable bonds is 1. The molecule has 0 aliphatic heterocycles. The zero-order valence-corrected chi connectivity index (χ0v) is 18.4. The van der Waals surface area contributed by atoms with Crippen molar-refractivity contribution in [1.82, 2.24) is 29.7 Å². The van der Waals surface area contributed by atoms with Gasteiger partial charge in [0.05, 0.1) is 8.95 Å². The van der Waals surface area contributed by atoms with Crippen LogP contribution in [0.15, 0.2) is 27.4 Å². The predicted octanol–water partition coefficient (Wildman–Crippen LogP) is 5.95. The average Bonchev–Trinajstić information content (AvgIpc) is 2.96. The van der Waals surface area contributed by atoms with Gasteiger partial charge in [0.15, 0.2) is 11.5 Å². The van der Waals surface area contributed by atoms with Crippen LogP contribution in [-0.2, 0) is 6.18 Å². The molecule has 0 aromatic carbocycles. The van der Waals surface area contributed by atoms with Crippen LogP contribution in [0.1, 0.15) is 11.4 Å². The molecule has 0 saturated heterocycles. The van der Waals surface area contributed by atoms with Gasteiger partial charge < -0.3 is 0 Å². The van der Waals surface area contributed by atoms with Gasteiger partial charge in [0.2, 0.25) is 10.6 Å². The lowest BCUT2D eigenvalue weighted by Gasteiger charge is -2.05. The van der Waals surface area contributed by atoms with Crippen molar-refractivity contribution in [2.45, 2.75) is 13.1 Å².